The zero-order valence-corrected chi connectivity index (χ0v) is 12.1. The Bertz CT molecular complexity index is 879. The van der Waals surface area contributed by atoms with Crippen LogP contribution in [0.2, 0.25) is 0 Å². The van der Waals surface area contributed by atoms with Crippen molar-refractivity contribution in [3.63, 3.8) is 0 Å². The summed E-state index contributed by atoms with van der Waals surface area (Å²) >= 11 is 0. The summed E-state index contributed by atoms with van der Waals surface area (Å²) in [6, 6.07) is 12.3. The first-order valence-electron chi connectivity index (χ1n) is 7.02. The van der Waals surface area contributed by atoms with E-state index in [0.717, 1.165) is 16.9 Å². The second kappa shape index (κ2) is 5.17. The van der Waals surface area contributed by atoms with Gasteiger partial charge in [0, 0.05) is 11.1 Å². The van der Waals surface area contributed by atoms with Gasteiger partial charge in [-0.05, 0) is 42.5 Å². The fourth-order valence-corrected chi connectivity index (χ4v) is 2.43. The molecule has 0 aliphatic carbocycles. The van der Waals surface area contributed by atoms with E-state index in [2.05, 4.69) is 9.97 Å². The molecule has 0 amide bonds. The van der Waals surface area contributed by atoms with E-state index in [4.69, 9.17) is 15.2 Å². The van der Waals surface area contributed by atoms with Crippen LogP contribution in [0.4, 0.5) is 5.82 Å². The van der Waals surface area contributed by atoms with Gasteiger partial charge in [0.05, 0.1) is 11.9 Å². The van der Waals surface area contributed by atoms with Crippen LogP contribution in [0.3, 0.4) is 0 Å². The third kappa shape index (κ3) is 2.40. The molecule has 3 aromatic rings. The van der Waals surface area contributed by atoms with E-state index in [9.17, 15) is 5.11 Å². The molecule has 4 rings (SSSR count). The Labute approximate surface area is 132 Å². The van der Waals surface area contributed by atoms with Crippen LogP contribution in [0.5, 0.6) is 17.2 Å². The largest absolute Gasteiger partial charge is 0.508 e. The topological polar surface area (TPSA) is 90.5 Å². The van der Waals surface area contributed by atoms with Crippen molar-refractivity contribution in [3.05, 3.63) is 48.7 Å². The molecule has 1 aliphatic heterocycles. The molecule has 1 aromatic heterocycles. The van der Waals surface area contributed by atoms with Gasteiger partial charge in [0.2, 0.25) is 6.79 Å². The van der Waals surface area contributed by atoms with Crippen LogP contribution < -0.4 is 15.2 Å². The first kappa shape index (κ1) is 13.4. The monoisotopic (exact) mass is 307 g/mol. The van der Waals surface area contributed by atoms with Crippen LogP contribution in [0.15, 0.2) is 48.7 Å². The van der Waals surface area contributed by atoms with Crippen molar-refractivity contribution >= 4 is 5.82 Å². The minimum atomic E-state index is 0.187. The zero-order chi connectivity index (χ0) is 15.8. The Morgan fingerprint density at radius 2 is 1.70 bits per heavy atom. The fourth-order valence-electron chi connectivity index (χ4n) is 2.43. The maximum Gasteiger partial charge on any atom is 0.231 e. The molecule has 114 valence electrons. The molecule has 0 fully saturated rings. The number of anilines is 1. The van der Waals surface area contributed by atoms with Crippen molar-refractivity contribution in [3.8, 4) is 39.8 Å². The molecule has 2 heterocycles. The number of hydrogen-bond acceptors (Lipinski definition) is 6. The standard InChI is InChI=1S/C17H13N3O3/c18-17-16(10-1-4-12(21)5-2-10)20-13(8-19-17)11-3-6-14-15(7-11)23-9-22-14/h1-8,21H,9H2,(H2,18,19). The lowest BCUT2D eigenvalue weighted by molar-refractivity contribution is 0.174. The van der Waals surface area contributed by atoms with Crippen molar-refractivity contribution in [1.82, 2.24) is 9.97 Å². The maximum atomic E-state index is 9.40. The highest BCUT2D eigenvalue weighted by Crippen LogP contribution is 2.36. The number of nitrogens with zero attached hydrogens (tertiary/aromatic N) is 2. The number of benzene rings is 2. The predicted octanol–water partition coefficient (Wildman–Crippen LogP) is 2.83. The minimum Gasteiger partial charge on any atom is -0.508 e. The first-order valence-corrected chi connectivity index (χ1v) is 7.02. The van der Waals surface area contributed by atoms with Gasteiger partial charge in [0.1, 0.15) is 17.3 Å². The number of rotatable bonds is 2. The van der Waals surface area contributed by atoms with Gasteiger partial charge in [-0.15, -0.1) is 0 Å². The van der Waals surface area contributed by atoms with Crippen molar-refractivity contribution in [2.45, 2.75) is 0 Å². The van der Waals surface area contributed by atoms with Gasteiger partial charge in [-0.1, -0.05) is 0 Å². The highest BCUT2D eigenvalue weighted by molar-refractivity contribution is 5.74. The average Bonchev–Trinajstić information content (AvgIpc) is 3.04. The van der Waals surface area contributed by atoms with Crippen molar-refractivity contribution in [2.75, 3.05) is 12.5 Å². The van der Waals surface area contributed by atoms with E-state index in [1.165, 1.54) is 0 Å². The third-order valence-electron chi connectivity index (χ3n) is 3.61. The molecule has 0 atom stereocenters. The Morgan fingerprint density at radius 1 is 0.957 bits per heavy atom. The predicted molar refractivity (Wildman–Crippen MR) is 85.1 cm³/mol. The molecule has 0 radical (unpaired) electrons. The van der Waals surface area contributed by atoms with E-state index in [1.54, 1.807) is 30.5 Å². The number of fused-ring (bicyclic) bond motifs is 1. The van der Waals surface area contributed by atoms with Gasteiger partial charge < -0.3 is 20.3 Å². The van der Waals surface area contributed by atoms with Gasteiger partial charge >= 0.3 is 0 Å². The minimum absolute atomic E-state index is 0.187. The van der Waals surface area contributed by atoms with Crippen LogP contribution in [0.1, 0.15) is 0 Å². The Kier molecular flexibility index (Phi) is 3.01. The lowest BCUT2D eigenvalue weighted by Gasteiger charge is -2.08. The smallest absolute Gasteiger partial charge is 0.231 e. The molecule has 2 aromatic carbocycles. The first-order chi connectivity index (χ1) is 11.2. The van der Waals surface area contributed by atoms with Crippen LogP contribution in [-0.4, -0.2) is 21.9 Å². The summed E-state index contributed by atoms with van der Waals surface area (Å²) in [6.45, 7) is 0.227. The number of hydrogen-bond donors (Lipinski definition) is 2. The number of nitrogens with two attached hydrogens (primary N) is 1. The number of nitrogen functional groups attached to an aromatic ring is 1. The van der Waals surface area contributed by atoms with Crippen molar-refractivity contribution in [2.24, 2.45) is 0 Å². The van der Waals surface area contributed by atoms with Gasteiger partial charge in [0.25, 0.3) is 0 Å². The van der Waals surface area contributed by atoms with Crippen LogP contribution in [0, 0.1) is 0 Å². The molecule has 6 nitrogen and oxygen atoms in total. The van der Waals surface area contributed by atoms with Crippen molar-refractivity contribution < 1.29 is 14.6 Å². The van der Waals surface area contributed by atoms with Gasteiger partial charge in [-0.2, -0.15) is 0 Å². The second-order valence-corrected chi connectivity index (χ2v) is 5.10. The summed E-state index contributed by atoms with van der Waals surface area (Å²) in [4.78, 5) is 8.83. The fraction of sp³-hybridized carbons (Fsp3) is 0.0588. The van der Waals surface area contributed by atoms with E-state index in [1.807, 2.05) is 18.2 Å². The SMILES string of the molecule is Nc1ncc(-c2ccc3c(c2)OCO3)nc1-c1ccc(O)cc1. The molecule has 3 N–H and O–H groups in total. The highest BCUT2D eigenvalue weighted by atomic mass is 16.7. The van der Waals surface area contributed by atoms with E-state index in [0.29, 0.717) is 23.0 Å². The number of aromatic hydroxyl groups is 1. The van der Waals surface area contributed by atoms with Gasteiger partial charge in [0.15, 0.2) is 11.5 Å². The van der Waals surface area contributed by atoms with Crippen molar-refractivity contribution in [1.29, 1.82) is 0 Å². The molecule has 0 saturated heterocycles. The van der Waals surface area contributed by atoms with Crippen LogP contribution in [0.25, 0.3) is 22.5 Å². The Balaban J connectivity index is 1.78. The summed E-state index contributed by atoms with van der Waals surface area (Å²) in [7, 11) is 0. The molecule has 0 spiro atoms. The summed E-state index contributed by atoms with van der Waals surface area (Å²) in [5, 5.41) is 9.40. The average molecular weight is 307 g/mol. The van der Waals surface area contributed by atoms with E-state index in [-0.39, 0.29) is 12.5 Å². The van der Waals surface area contributed by atoms with Gasteiger partial charge in [-0.25, -0.2) is 9.97 Å². The lowest BCUT2D eigenvalue weighted by Crippen LogP contribution is -1.98. The Hall–Kier alpha value is -3.28. The molecular weight excluding hydrogens is 294 g/mol. The zero-order valence-electron chi connectivity index (χ0n) is 12.1. The summed E-state index contributed by atoms with van der Waals surface area (Å²) < 4.78 is 10.7. The van der Waals surface area contributed by atoms with Gasteiger partial charge in [-0.3, -0.25) is 0 Å². The normalized spacial score (nSPS) is 12.3. The number of aromatic nitrogens is 2. The van der Waals surface area contributed by atoms with Crippen LogP contribution >= 0.6 is 0 Å². The molecule has 23 heavy (non-hydrogen) atoms. The molecule has 0 saturated carbocycles. The lowest BCUT2D eigenvalue weighted by atomic mass is 10.1. The summed E-state index contributed by atoms with van der Waals surface area (Å²) in [5.41, 5.74) is 8.85. The number of phenolic OH excluding ortho intramolecular Hbond substituents is 1. The molecule has 0 bridgehead atoms. The number of ether oxygens (including phenoxy) is 2. The molecule has 6 heteroatoms. The third-order valence-corrected chi connectivity index (χ3v) is 3.61. The highest BCUT2D eigenvalue weighted by Gasteiger charge is 2.15. The van der Waals surface area contributed by atoms with Crippen LogP contribution in [-0.2, 0) is 0 Å². The number of phenols is 1. The molecular formula is C17H13N3O3. The quantitative estimate of drug-likeness (QED) is 0.756. The van der Waals surface area contributed by atoms with E-state index < -0.39 is 0 Å². The second-order valence-electron chi connectivity index (χ2n) is 5.10. The molecule has 0 unspecified atom stereocenters. The van der Waals surface area contributed by atoms with E-state index >= 15 is 0 Å². The Morgan fingerprint density at radius 3 is 2.52 bits per heavy atom. The summed E-state index contributed by atoms with van der Waals surface area (Å²) in [5.74, 6) is 1.93. The molecule has 1 aliphatic rings. The maximum absolute atomic E-state index is 9.40. The summed E-state index contributed by atoms with van der Waals surface area (Å²) in [6.07, 6.45) is 1.62.